The molecule has 0 aliphatic carbocycles. The van der Waals surface area contributed by atoms with Gasteiger partial charge in [0.05, 0.1) is 5.69 Å². The molecule has 1 saturated heterocycles. The van der Waals surface area contributed by atoms with E-state index < -0.39 is 23.0 Å². The largest absolute Gasteiger partial charge is 0.445 e. The minimum Gasteiger partial charge on any atom is -0.343 e. The van der Waals surface area contributed by atoms with Gasteiger partial charge in [-0.2, -0.15) is 13.2 Å². The number of anilines is 2. The molecule has 1 aliphatic heterocycles. The topological polar surface area (TPSA) is 61.4 Å². The number of urea groups is 1. The molecule has 0 radical (unpaired) electrons. The number of benzene rings is 1. The molecule has 2 amide bonds. The fourth-order valence-corrected chi connectivity index (χ4v) is 3.46. The molecule has 2 heterocycles. The number of alkyl halides is 3. The Balaban J connectivity index is 1.59. The second-order valence-corrected chi connectivity index (χ2v) is 7.23. The lowest BCUT2D eigenvalue weighted by Crippen LogP contribution is -2.50. The van der Waals surface area contributed by atoms with Crippen LogP contribution in [0.3, 0.4) is 0 Å². The van der Waals surface area contributed by atoms with Gasteiger partial charge < -0.3 is 15.1 Å². The first-order valence-electron chi connectivity index (χ1n) is 7.40. The highest BCUT2D eigenvalue weighted by Crippen LogP contribution is 2.34. The summed E-state index contributed by atoms with van der Waals surface area (Å²) in [4.78, 5) is 15.4. The van der Waals surface area contributed by atoms with E-state index in [0.717, 1.165) is 0 Å². The van der Waals surface area contributed by atoms with Crippen molar-refractivity contribution in [3.05, 3.63) is 33.5 Å². The van der Waals surface area contributed by atoms with E-state index in [1.165, 1.54) is 23.1 Å². The summed E-state index contributed by atoms with van der Waals surface area (Å²) in [5.74, 6) is -0.481. The average molecular weight is 454 g/mol. The van der Waals surface area contributed by atoms with Crippen molar-refractivity contribution in [2.75, 3.05) is 36.4 Å². The molecule has 3 rings (SSSR count). The van der Waals surface area contributed by atoms with Gasteiger partial charge in [-0.1, -0.05) is 11.3 Å². The van der Waals surface area contributed by atoms with Crippen LogP contribution in [0, 0.1) is 5.82 Å². The molecule has 1 fully saturated rings. The van der Waals surface area contributed by atoms with Gasteiger partial charge in [-0.25, -0.2) is 9.18 Å². The minimum absolute atomic E-state index is 0.172. The average Bonchev–Trinajstić information content (AvgIpc) is 3.09. The summed E-state index contributed by atoms with van der Waals surface area (Å²) in [7, 11) is 0. The Morgan fingerprint density at radius 1 is 1.19 bits per heavy atom. The van der Waals surface area contributed by atoms with Crippen LogP contribution < -0.4 is 10.2 Å². The Morgan fingerprint density at radius 3 is 2.50 bits per heavy atom. The molecule has 1 aromatic carbocycles. The molecule has 2 aromatic rings. The molecule has 0 saturated carbocycles. The van der Waals surface area contributed by atoms with Crippen molar-refractivity contribution < 1.29 is 22.4 Å². The lowest BCUT2D eigenvalue weighted by Gasteiger charge is -2.34. The van der Waals surface area contributed by atoms with Gasteiger partial charge in [-0.15, -0.1) is 10.2 Å². The van der Waals surface area contributed by atoms with Gasteiger partial charge in [-0.3, -0.25) is 0 Å². The minimum atomic E-state index is -4.52. The van der Waals surface area contributed by atoms with Crippen LogP contribution >= 0.6 is 27.3 Å². The number of halogens is 5. The number of aromatic nitrogens is 2. The van der Waals surface area contributed by atoms with Crippen LogP contribution in [-0.2, 0) is 6.18 Å². The smallest absolute Gasteiger partial charge is 0.343 e. The predicted molar refractivity (Wildman–Crippen MR) is 91.8 cm³/mol. The number of carbonyl (C=O) groups is 1. The molecule has 0 atom stereocenters. The van der Waals surface area contributed by atoms with Crippen LogP contribution in [0.1, 0.15) is 5.01 Å². The van der Waals surface area contributed by atoms with Crippen LogP contribution in [0.5, 0.6) is 0 Å². The first kappa shape index (κ1) is 18.8. The monoisotopic (exact) mass is 453 g/mol. The number of hydrogen-bond donors (Lipinski definition) is 1. The van der Waals surface area contributed by atoms with Crippen molar-refractivity contribution in [1.29, 1.82) is 0 Å². The number of nitrogens with zero attached hydrogens (tertiary/aromatic N) is 4. The summed E-state index contributed by atoms with van der Waals surface area (Å²) >= 11 is 3.70. The first-order valence-corrected chi connectivity index (χ1v) is 9.01. The third-order valence-electron chi connectivity index (χ3n) is 3.66. The third-order valence-corrected chi connectivity index (χ3v) is 5.38. The Morgan fingerprint density at radius 2 is 1.88 bits per heavy atom. The summed E-state index contributed by atoms with van der Waals surface area (Å²) < 4.78 is 51.6. The molecule has 0 unspecified atom stereocenters. The van der Waals surface area contributed by atoms with Crippen molar-refractivity contribution in [3.8, 4) is 0 Å². The fraction of sp³-hybridized carbons (Fsp3) is 0.357. The lowest BCUT2D eigenvalue weighted by atomic mass is 10.3. The van der Waals surface area contributed by atoms with E-state index in [4.69, 9.17) is 0 Å². The number of hydrogen-bond acceptors (Lipinski definition) is 5. The molecule has 0 bridgehead atoms. The van der Waals surface area contributed by atoms with E-state index in [-0.39, 0.29) is 5.13 Å². The standard InChI is InChI=1S/C14H12BrF4N5OS/c15-9-2-1-8(16)7-10(9)20-12(25)23-3-5-24(6-4-23)13-22-21-11(26-13)14(17,18)19/h1-2,7H,3-6H2,(H,20,25). The van der Waals surface area contributed by atoms with E-state index in [1.54, 1.807) is 4.90 Å². The Kier molecular flexibility index (Phi) is 5.32. The highest BCUT2D eigenvalue weighted by Gasteiger charge is 2.36. The predicted octanol–water partition coefficient (Wildman–Crippen LogP) is 3.81. The third kappa shape index (κ3) is 4.23. The highest BCUT2D eigenvalue weighted by molar-refractivity contribution is 9.10. The van der Waals surface area contributed by atoms with E-state index >= 15 is 0 Å². The number of nitrogens with one attached hydrogen (secondary N) is 1. The van der Waals surface area contributed by atoms with Crippen molar-refractivity contribution >= 4 is 44.1 Å². The maximum absolute atomic E-state index is 13.3. The zero-order valence-corrected chi connectivity index (χ0v) is 15.5. The van der Waals surface area contributed by atoms with Crippen molar-refractivity contribution in [3.63, 3.8) is 0 Å². The fourth-order valence-electron chi connectivity index (χ4n) is 2.35. The Bertz CT molecular complexity index is 807. The number of rotatable bonds is 2. The Labute approximate surface area is 157 Å². The highest BCUT2D eigenvalue weighted by atomic mass is 79.9. The SMILES string of the molecule is O=C(Nc1cc(F)ccc1Br)N1CCN(c2nnc(C(F)(F)F)s2)CC1. The second kappa shape index (κ2) is 7.35. The van der Waals surface area contributed by atoms with E-state index in [1.807, 2.05) is 0 Å². The van der Waals surface area contributed by atoms with Crippen LogP contribution in [0.15, 0.2) is 22.7 Å². The van der Waals surface area contributed by atoms with Crippen molar-refractivity contribution in [2.24, 2.45) is 0 Å². The molecule has 0 spiro atoms. The van der Waals surface area contributed by atoms with Gasteiger partial charge in [0.2, 0.25) is 10.1 Å². The van der Waals surface area contributed by atoms with Gasteiger partial charge >= 0.3 is 12.2 Å². The maximum atomic E-state index is 13.3. The summed E-state index contributed by atoms with van der Waals surface area (Å²) in [6.45, 7) is 1.23. The number of piperazine rings is 1. The number of carbonyl (C=O) groups excluding carboxylic acids is 1. The van der Waals surface area contributed by atoms with E-state index in [9.17, 15) is 22.4 Å². The van der Waals surface area contributed by atoms with Crippen molar-refractivity contribution in [1.82, 2.24) is 15.1 Å². The normalized spacial score (nSPS) is 15.3. The molecular formula is C14H12BrF4N5OS. The quantitative estimate of drug-likeness (QED) is 0.702. The van der Waals surface area contributed by atoms with Gasteiger partial charge in [0.1, 0.15) is 5.82 Å². The van der Waals surface area contributed by atoms with Gasteiger partial charge in [0.25, 0.3) is 0 Å². The van der Waals surface area contributed by atoms with Gasteiger partial charge in [0.15, 0.2) is 0 Å². The summed E-state index contributed by atoms with van der Waals surface area (Å²) in [5.41, 5.74) is 0.302. The van der Waals surface area contributed by atoms with Crippen LogP contribution in [-0.4, -0.2) is 47.3 Å². The van der Waals surface area contributed by atoms with Crippen LogP contribution in [0.4, 0.5) is 33.2 Å². The van der Waals surface area contributed by atoms with Crippen LogP contribution in [0.25, 0.3) is 0 Å². The van der Waals surface area contributed by atoms with Crippen molar-refractivity contribution in [2.45, 2.75) is 6.18 Å². The lowest BCUT2D eigenvalue weighted by molar-refractivity contribution is -0.138. The van der Waals surface area contributed by atoms with Crippen LogP contribution in [0.2, 0.25) is 0 Å². The molecule has 6 nitrogen and oxygen atoms in total. The maximum Gasteiger partial charge on any atom is 0.445 e. The Hall–Kier alpha value is -1.95. The van der Waals surface area contributed by atoms with E-state index in [0.29, 0.717) is 47.7 Å². The first-order chi connectivity index (χ1) is 12.2. The zero-order valence-electron chi connectivity index (χ0n) is 13.1. The van der Waals surface area contributed by atoms with Gasteiger partial charge in [0, 0.05) is 30.7 Å². The molecule has 26 heavy (non-hydrogen) atoms. The molecule has 1 aromatic heterocycles. The summed E-state index contributed by atoms with van der Waals surface area (Å²) in [6.07, 6.45) is -4.52. The number of amides is 2. The zero-order chi connectivity index (χ0) is 18.9. The van der Waals surface area contributed by atoms with Gasteiger partial charge in [-0.05, 0) is 34.1 Å². The molecule has 1 N–H and O–H groups in total. The molecule has 140 valence electrons. The molecular weight excluding hydrogens is 442 g/mol. The second-order valence-electron chi connectivity index (χ2n) is 5.42. The molecule has 1 aliphatic rings. The summed E-state index contributed by atoms with van der Waals surface area (Å²) in [6, 6.07) is 3.52. The molecule has 12 heteroatoms. The summed E-state index contributed by atoms with van der Waals surface area (Å²) in [5, 5.41) is 8.51. The van der Waals surface area contributed by atoms with E-state index in [2.05, 4.69) is 31.4 Å².